The van der Waals surface area contributed by atoms with Crippen LogP contribution in [-0.4, -0.2) is 11.8 Å². The van der Waals surface area contributed by atoms with Crippen molar-refractivity contribution in [2.75, 3.05) is 10.6 Å². The molecule has 0 unspecified atom stereocenters. The Morgan fingerprint density at radius 3 is 1.84 bits per heavy atom. The van der Waals surface area contributed by atoms with Gasteiger partial charge in [0.1, 0.15) is 0 Å². The molecular weight excluding hydrogens is 384 g/mol. The molecule has 0 aromatic heterocycles. The summed E-state index contributed by atoms with van der Waals surface area (Å²) in [4.78, 5) is 24.6. The first-order valence-electron chi connectivity index (χ1n) is 10.3. The minimum absolute atomic E-state index is 0.0462. The maximum Gasteiger partial charge on any atom is 0.255 e. The van der Waals surface area contributed by atoms with E-state index in [1.807, 2.05) is 55.5 Å². The number of hydrogen-bond acceptors (Lipinski definition) is 2. The average Bonchev–Trinajstić information content (AvgIpc) is 2.74. The lowest BCUT2D eigenvalue weighted by Gasteiger charge is -2.19. The van der Waals surface area contributed by atoms with Gasteiger partial charge in [-0.1, -0.05) is 62.7 Å². The number of amides is 2. The van der Waals surface area contributed by atoms with Crippen molar-refractivity contribution in [2.24, 2.45) is 0 Å². The van der Waals surface area contributed by atoms with Crippen molar-refractivity contribution >= 4 is 29.3 Å². The number of aryl methyl sites for hydroxylation is 1. The van der Waals surface area contributed by atoms with Gasteiger partial charge < -0.3 is 10.6 Å². The van der Waals surface area contributed by atoms with Crippen molar-refractivity contribution in [3.63, 3.8) is 0 Å². The van der Waals surface area contributed by atoms with Crippen LogP contribution >= 0.6 is 0 Å². The second-order valence-corrected chi connectivity index (χ2v) is 8.59. The zero-order valence-corrected chi connectivity index (χ0v) is 18.4. The van der Waals surface area contributed by atoms with Crippen LogP contribution < -0.4 is 10.6 Å². The Bertz CT molecular complexity index is 1070. The first-order chi connectivity index (χ1) is 14.7. The van der Waals surface area contributed by atoms with Gasteiger partial charge in [-0.25, -0.2) is 0 Å². The third-order valence-electron chi connectivity index (χ3n) is 4.93. The molecule has 0 radical (unpaired) electrons. The van der Waals surface area contributed by atoms with E-state index in [0.717, 1.165) is 5.56 Å². The molecule has 0 aliphatic heterocycles. The topological polar surface area (TPSA) is 58.2 Å². The predicted molar refractivity (Wildman–Crippen MR) is 128 cm³/mol. The summed E-state index contributed by atoms with van der Waals surface area (Å²) in [5.41, 5.74) is 5.30. The third kappa shape index (κ3) is 6.41. The smallest absolute Gasteiger partial charge is 0.255 e. The van der Waals surface area contributed by atoms with Gasteiger partial charge in [-0.15, -0.1) is 0 Å². The first-order valence-corrected chi connectivity index (χ1v) is 10.3. The van der Waals surface area contributed by atoms with Crippen LogP contribution in [0.3, 0.4) is 0 Å². The Labute approximate surface area is 184 Å². The fourth-order valence-corrected chi connectivity index (χ4v) is 3.00. The third-order valence-corrected chi connectivity index (χ3v) is 4.93. The van der Waals surface area contributed by atoms with E-state index in [1.165, 1.54) is 17.2 Å². The van der Waals surface area contributed by atoms with Crippen molar-refractivity contribution in [1.29, 1.82) is 0 Å². The molecule has 0 bridgehead atoms. The molecule has 0 fully saturated rings. The number of carbonyl (C=O) groups excluding carboxylic acids is 2. The molecule has 3 aromatic carbocycles. The summed E-state index contributed by atoms with van der Waals surface area (Å²) >= 11 is 0. The van der Waals surface area contributed by atoms with E-state index >= 15 is 0 Å². The summed E-state index contributed by atoms with van der Waals surface area (Å²) in [5, 5.41) is 5.70. The average molecular weight is 413 g/mol. The van der Waals surface area contributed by atoms with E-state index in [-0.39, 0.29) is 17.2 Å². The highest BCUT2D eigenvalue weighted by atomic mass is 16.2. The van der Waals surface area contributed by atoms with Crippen LogP contribution in [0.2, 0.25) is 0 Å². The summed E-state index contributed by atoms with van der Waals surface area (Å²) < 4.78 is 0. The van der Waals surface area contributed by atoms with Gasteiger partial charge in [0.15, 0.2) is 0 Å². The molecule has 0 saturated heterocycles. The van der Waals surface area contributed by atoms with Crippen LogP contribution in [0.4, 0.5) is 11.4 Å². The molecule has 31 heavy (non-hydrogen) atoms. The molecule has 2 amide bonds. The van der Waals surface area contributed by atoms with Crippen molar-refractivity contribution in [2.45, 2.75) is 33.1 Å². The molecule has 4 heteroatoms. The maximum absolute atomic E-state index is 12.5. The van der Waals surface area contributed by atoms with Crippen LogP contribution in [0.5, 0.6) is 0 Å². The van der Waals surface area contributed by atoms with Gasteiger partial charge in [0.2, 0.25) is 5.91 Å². The normalized spacial score (nSPS) is 11.4. The molecule has 2 N–H and O–H groups in total. The summed E-state index contributed by atoms with van der Waals surface area (Å²) in [6, 6.07) is 22.6. The van der Waals surface area contributed by atoms with Crippen LogP contribution in [0.1, 0.15) is 47.8 Å². The molecule has 0 atom stereocenters. The minimum atomic E-state index is -0.212. The number of benzene rings is 3. The van der Waals surface area contributed by atoms with Crippen LogP contribution in [-0.2, 0) is 10.2 Å². The maximum atomic E-state index is 12.5. The van der Waals surface area contributed by atoms with Gasteiger partial charge in [-0.3, -0.25) is 9.59 Å². The Balaban J connectivity index is 1.56. The van der Waals surface area contributed by atoms with Crippen molar-refractivity contribution in [3.05, 3.63) is 101 Å². The quantitative estimate of drug-likeness (QED) is 0.490. The van der Waals surface area contributed by atoms with Crippen LogP contribution in [0.25, 0.3) is 6.08 Å². The summed E-state index contributed by atoms with van der Waals surface area (Å²) in [7, 11) is 0. The minimum Gasteiger partial charge on any atom is -0.323 e. The Morgan fingerprint density at radius 2 is 1.29 bits per heavy atom. The van der Waals surface area contributed by atoms with E-state index in [1.54, 1.807) is 30.3 Å². The fourth-order valence-electron chi connectivity index (χ4n) is 3.00. The van der Waals surface area contributed by atoms with Gasteiger partial charge in [0.05, 0.1) is 0 Å². The number of rotatable bonds is 5. The summed E-state index contributed by atoms with van der Waals surface area (Å²) in [5.74, 6) is -0.380. The highest BCUT2D eigenvalue weighted by molar-refractivity contribution is 6.05. The highest BCUT2D eigenvalue weighted by Gasteiger charge is 2.14. The zero-order chi connectivity index (χ0) is 22.4. The SMILES string of the molecule is Cc1ccc(/C=C/C(=O)Nc2ccc(NC(=O)c3ccc(C(C)(C)C)cc3)cc2)cc1. The molecule has 0 aliphatic rings. The Morgan fingerprint density at radius 1 is 0.742 bits per heavy atom. The monoisotopic (exact) mass is 412 g/mol. The predicted octanol–water partition coefficient (Wildman–Crippen LogP) is 6.20. The number of nitrogens with one attached hydrogen (secondary N) is 2. The van der Waals surface area contributed by atoms with E-state index in [2.05, 4.69) is 31.4 Å². The van der Waals surface area contributed by atoms with Crippen LogP contribution in [0.15, 0.2) is 78.9 Å². The van der Waals surface area contributed by atoms with E-state index < -0.39 is 0 Å². The largest absolute Gasteiger partial charge is 0.323 e. The molecular formula is C27H28N2O2. The molecule has 158 valence electrons. The van der Waals surface area contributed by atoms with Gasteiger partial charge in [0, 0.05) is 23.0 Å². The van der Waals surface area contributed by atoms with Gasteiger partial charge in [-0.05, 0) is 65.9 Å². The van der Waals surface area contributed by atoms with Crippen molar-refractivity contribution in [3.8, 4) is 0 Å². The lowest BCUT2D eigenvalue weighted by atomic mass is 9.87. The fraction of sp³-hybridized carbons (Fsp3) is 0.185. The highest BCUT2D eigenvalue weighted by Crippen LogP contribution is 2.22. The van der Waals surface area contributed by atoms with Gasteiger partial charge in [-0.2, -0.15) is 0 Å². The van der Waals surface area contributed by atoms with E-state index in [4.69, 9.17) is 0 Å². The van der Waals surface area contributed by atoms with Crippen LogP contribution in [0, 0.1) is 6.92 Å². The number of hydrogen-bond donors (Lipinski definition) is 2. The van der Waals surface area contributed by atoms with Crippen molar-refractivity contribution in [1.82, 2.24) is 0 Å². The van der Waals surface area contributed by atoms with Gasteiger partial charge >= 0.3 is 0 Å². The zero-order valence-electron chi connectivity index (χ0n) is 18.4. The van der Waals surface area contributed by atoms with Crippen molar-refractivity contribution < 1.29 is 9.59 Å². The summed E-state index contributed by atoms with van der Waals surface area (Å²) in [6.07, 6.45) is 3.27. The second-order valence-electron chi connectivity index (χ2n) is 8.59. The number of anilines is 2. The molecule has 0 spiro atoms. The second kappa shape index (κ2) is 9.43. The van der Waals surface area contributed by atoms with E-state index in [9.17, 15) is 9.59 Å². The standard InChI is InChI=1S/C27H28N2O2/c1-19-5-7-20(8-6-19)9-18-25(30)28-23-14-16-24(17-15-23)29-26(31)21-10-12-22(13-11-21)27(2,3)4/h5-18H,1-4H3,(H,28,30)(H,29,31)/b18-9+. The Hall–Kier alpha value is -3.66. The molecule has 4 nitrogen and oxygen atoms in total. The van der Waals surface area contributed by atoms with E-state index in [0.29, 0.717) is 16.9 Å². The van der Waals surface area contributed by atoms with Gasteiger partial charge in [0.25, 0.3) is 5.91 Å². The molecule has 0 saturated carbocycles. The Kier molecular flexibility index (Phi) is 6.71. The summed E-state index contributed by atoms with van der Waals surface area (Å²) in [6.45, 7) is 8.44. The molecule has 3 aromatic rings. The lowest BCUT2D eigenvalue weighted by Crippen LogP contribution is -2.14. The lowest BCUT2D eigenvalue weighted by molar-refractivity contribution is -0.111. The molecule has 0 heterocycles. The molecule has 0 aliphatic carbocycles. The molecule has 3 rings (SSSR count). The number of carbonyl (C=O) groups is 2. The first kappa shape index (κ1) is 22.0.